The van der Waals surface area contributed by atoms with Crippen LogP contribution in [0.3, 0.4) is 0 Å². The van der Waals surface area contributed by atoms with E-state index in [0.29, 0.717) is 24.8 Å². The highest BCUT2D eigenvalue weighted by Gasteiger charge is 2.34. The number of carbonyl (C=O) groups excluding carboxylic acids is 1. The lowest BCUT2D eigenvalue weighted by Crippen LogP contribution is -2.45. The third kappa shape index (κ3) is 3.88. The van der Waals surface area contributed by atoms with Gasteiger partial charge in [-0.2, -0.15) is 0 Å². The van der Waals surface area contributed by atoms with Crippen LogP contribution in [0.15, 0.2) is 40.9 Å². The molecule has 26 heavy (non-hydrogen) atoms. The molecular weight excluding hydrogens is 390 g/mol. The first-order valence-corrected chi connectivity index (χ1v) is 10.5. The second-order valence-corrected chi connectivity index (χ2v) is 8.38. The predicted molar refractivity (Wildman–Crippen MR) is 109 cm³/mol. The number of ketones is 1. The summed E-state index contributed by atoms with van der Waals surface area (Å²) in [6, 6.07) is 13.3. The van der Waals surface area contributed by atoms with Crippen molar-refractivity contribution < 1.29 is 9.53 Å². The van der Waals surface area contributed by atoms with E-state index in [4.69, 9.17) is 4.74 Å². The first-order valence-electron chi connectivity index (χ1n) is 9.76. The number of carbonyl (C=O) groups is 1. The zero-order chi connectivity index (χ0) is 17.9. The molecule has 0 bridgehead atoms. The summed E-state index contributed by atoms with van der Waals surface area (Å²) in [6.45, 7) is 2.29. The molecule has 3 nitrogen and oxygen atoms in total. The van der Waals surface area contributed by atoms with Crippen molar-refractivity contribution in [2.45, 2.75) is 50.7 Å². The summed E-state index contributed by atoms with van der Waals surface area (Å²) in [5, 5.41) is 2.56. The summed E-state index contributed by atoms with van der Waals surface area (Å²) in [4.78, 5) is 14.0. The number of hydrogen-bond donors (Lipinski definition) is 0. The molecule has 2 aliphatic rings. The van der Waals surface area contributed by atoms with Crippen molar-refractivity contribution in [1.82, 2.24) is 4.90 Å². The Labute approximate surface area is 163 Å². The van der Waals surface area contributed by atoms with Gasteiger partial charge < -0.3 is 4.74 Å². The minimum Gasteiger partial charge on any atom is -0.376 e. The molecule has 0 amide bonds. The van der Waals surface area contributed by atoms with Crippen LogP contribution in [0.2, 0.25) is 0 Å². The average Bonchev–Trinajstić information content (AvgIpc) is 3.10. The summed E-state index contributed by atoms with van der Waals surface area (Å²) in [5.74, 6) is 0.385. The number of hydrogen-bond acceptors (Lipinski definition) is 3. The molecule has 1 saturated carbocycles. The van der Waals surface area contributed by atoms with Gasteiger partial charge in [0.2, 0.25) is 0 Å². The maximum Gasteiger partial charge on any atom is 0.148 e. The van der Waals surface area contributed by atoms with Crippen LogP contribution in [0.1, 0.15) is 37.7 Å². The van der Waals surface area contributed by atoms with Gasteiger partial charge in [0.15, 0.2) is 0 Å². The smallest absolute Gasteiger partial charge is 0.148 e. The van der Waals surface area contributed by atoms with Crippen LogP contribution < -0.4 is 0 Å². The van der Waals surface area contributed by atoms with E-state index in [2.05, 4.69) is 57.2 Å². The first kappa shape index (κ1) is 18.1. The number of likely N-dealkylation sites (tertiary alicyclic amines) is 1. The number of fused-ring (bicyclic) bond motifs is 1. The van der Waals surface area contributed by atoms with E-state index in [1.54, 1.807) is 0 Å². The van der Waals surface area contributed by atoms with Crippen LogP contribution in [0.5, 0.6) is 0 Å². The van der Waals surface area contributed by atoms with Gasteiger partial charge in [-0.25, -0.2) is 0 Å². The fourth-order valence-corrected chi connectivity index (χ4v) is 4.97. The van der Waals surface area contributed by atoms with Gasteiger partial charge in [0.1, 0.15) is 5.78 Å². The van der Waals surface area contributed by atoms with Crippen molar-refractivity contribution >= 4 is 32.5 Å². The van der Waals surface area contributed by atoms with Crippen LogP contribution in [-0.2, 0) is 16.0 Å². The van der Waals surface area contributed by atoms with Gasteiger partial charge in [-0.1, -0.05) is 59.1 Å². The van der Waals surface area contributed by atoms with E-state index in [1.807, 2.05) is 0 Å². The molecular formula is C22H26BrNO2. The minimum absolute atomic E-state index is 0.274. The van der Waals surface area contributed by atoms with Crippen molar-refractivity contribution in [2.24, 2.45) is 0 Å². The molecule has 2 fully saturated rings. The van der Waals surface area contributed by atoms with Crippen LogP contribution in [-0.4, -0.2) is 42.5 Å². The van der Waals surface area contributed by atoms with Crippen molar-refractivity contribution in [2.75, 3.05) is 19.7 Å². The van der Waals surface area contributed by atoms with E-state index in [1.165, 1.54) is 35.6 Å². The molecule has 2 aromatic rings. The summed E-state index contributed by atoms with van der Waals surface area (Å²) < 4.78 is 7.50. The van der Waals surface area contributed by atoms with Crippen molar-refractivity contribution in [3.63, 3.8) is 0 Å². The highest BCUT2D eigenvalue weighted by molar-refractivity contribution is 9.10. The first-order chi connectivity index (χ1) is 12.7. The molecule has 1 aliphatic carbocycles. The van der Waals surface area contributed by atoms with Gasteiger partial charge in [0, 0.05) is 23.5 Å². The number of halogens is 1. The fourth-order valence-electron chi connectivity index (χ4n) is 4.49. The second kappa shape index (κ2) is 8.20. The molecule has 4 heteroatoms. The van der Waals surface area contributed by atoms with Gasteiger partial charge >= 0.3 is 0 Å². The number of ether oxygens (including phenoxy) is 1. The number of benzene rings is 2. The van der Waals surface area contributed by atoms with Gasteiger partial charge in [-0.3, -0.25) is 9.69 Å². The molecule has 2 aromatic carbocycles. The average molecular weight is 416 g/mol. The molecule has 0 aromatic heterocycles. The Balaban J connectivity index is 1.41. The lowest BCUT2D eigenvalue weighted by molar-refractivity contribution is -0.117. The highest BCUT2D eigenvalue weighted by atomic mass is 79.9. The van der Waals surface area contributed by atoms with Gasteiger partial charge in [0.25, 0.3) is 0 Å². The monoisotopic (exact) mass is 415 g/mol. The third-order valence-electron chi connectivity index (χ3n) is 5.86. The Morgan fingerprint density at radius 2 is 1.88 bits per heavy atom. The van der Waals surface area contributed by atoms with Gasteiger partial charge in [-0.05, 0) is 41.7 Å². The summed E-state index contributed by atoms with van der Waals surface area (Å²) in [5.41, 5.74) is 1.34. The number of Topliss-reactive ketones (excluding diaryl/α,β-unsaturated/α-hetero) is 1. The maximum atomic E-state index is 11.7. The van der Waals surface area contributed by atoms with E-state index in [-0.39, 0.29) is 6.10 Å². The third-order valence-corrected chi connectivity index (χ3v) is 6.55. The summed E-state index contributed by atoms with van der Waals surface area (Å²) in [7, 11) is 0. The fraction of sp³-hybridized carbons (Fsp3) is 0.500. The van der Waals surface area contributed by atoms with Gasteiger partial charge in [-0.15, -0.1) is 0 Å². The van der Waals surface area contributed by atoms with E-state index in [9.17, 15) is 4.79 Å². The summed E-state index contributed by atoms with van der Waals surface area (Å²) in [6.07, 6.45) is 6.70. The number of rotatable bonds is 5. The second-order valence-electron chi connectivity index (χ2n) is 7.52. The molecule has 138 valence electrons. The topological polar surface area (TPSA) is 29.5 Å². The maximum absolute atomic E-state index is 11.7. The van der Waals surface area contributed by atoms with Crippen molar-refractivity contribution in [3.8, 4) is 0 Å². The molecule has 0 spiro atoms. The van der Waals surface area contributed by atoms with Crippen molar-refractivity contribution in [1.29, 1.82) is 0 Å². The largest absolute Gasteiger partial charge is 0.376 e. The Kier molecular flexibility index (Phi) is 5.72. The standard InChI is InChI=1S/C22H26BrNO2/c23-20-10-9-16(18-5-1-2-6-19(18)20)12-14-26-22-8-4-3-7-21(22)24-13-11-17(25)15-24/h1-2,5-6,9-10,21-22H,3-4,7-8,11-15H2/t21-,22-/m1/s1. The molecule has 1 aliphatic heterocycles. The van der Waals surface area contributed by atoms with E-state index >= 15 is 0 Å². The quantitative estimate of drug-likeness (QED) is 0.705. The molecule has 1 heterocycles. The number of nitrogens with zero attached hydrogens (tertiary/aromatic N) is 1. The SMILES string of the molecule is O=C1CCN([C@@H]2CCCC[C@H]2OCCc2ccc(Br)c3ccccc23)C1. The van der Waals surface area contributed by atoms with Crippen molar-refractivity contribution in [3.05, 3.63) is 46.4 Å². The lowest BCUT2D eigenvalue weighted by atomic mass is 9.91. The normalized spacial score (nSPS) is 24.4. The van der Waals surface area contributed by atoms with E-state index < -0.39 is 0 Å². The molecule has 1 saturated heterocycles. The Morgan fingerprint density at radius 1 is 1.08 bits per heavy atom. The molecule has 0 unspecified atom stereocenters. The zero-order valence-electron chi connectivity index (χ0n) is 15.1. The van der Waals surface area contributed by atoms with Crippen LogP contribution in [0.4, 0.5) is 0 Å². The Morgan fingerprint density at radius 3 is 2.69 bits per heavy atom. The zero-order valence-corrected chi connectivity index (χ0v) is 16.7. The van der Waals surface area contributed by atoms with Crippen LogP contribution in [0.25, 0.3) is 10.8 Å². The highest BCUT2D eigenvalue weighted by Crippen LogP contribution is 2.29. The Hall–Kier alpha value is -1.23. The van der Waals surface area contributed by atoms with E-state index in [0.717, 1.165) is 30.5 Å². The Bertz CT molecular complexity index is 791. The molecule has 0 radical (unpaired) electrons. The van der Waals surface area contributed by atoms with Gasteiger partial charge in [0.05, 0.1) is 19.3 Å². The van der Waals surface area contributed by atoms with Crippen LogP contribution >= 0.6 is 15.9 Å². The predicted octanol–water partition coefficient (Wildman–Crippen LogP) is 4.75. The molecule has 2 atom stereocenters. The molecule has 4 rings (SSSR count). The lowest BCUT2D eigenvalue weighted by Gasteiger charge is -2.37. The summed E-state index contributed by atoms with van der Waals surface area (Å²) >= 11 is 3.65. The minimum atomic E-state index is 0.274. The molecule has 0 N–H and O–H groups in total. The van der Waals surface area contributed by atoms with Crippen LogP contribution in [0, 0.1) is 0 Å².